The Bertz CT molecular complexity index is 632. The number of nitrogens with one attached hydrogen (secondary N) is 1. The summed E-state index contributed by atoms with van der Waals surface area (Å²) < 4.78 is 25.2. The molecule has 1 saturated carbocycles. The lowest BCUT2D eigenvalue weighted by atomic mass is 9.82. The average Bonchev–Trinajstić information content (AvgIpc) is 2.87. The smallest absolute Gasteiger partial charge is 0.214 e. The fourth-order valence-electron chi connectivity index (χ4n) is 3.88. The molecule has 128 valence electrons. The predicted octanol–water partition coefficient (Wildman–Crippen LogP) is 2.04. The van der Waals surface area contributed by atoms with Crippen LogP contribution in [0.4, 0.5) is 0 Å². The summed E-state index contributed by atoms with van der Waals surface area (Å²) >= 11 is 0. The van der Waals surface area contributed by atoms with Crippen molar-refractivity contribution in [2.45, 2.75) is 51.0 Å². The standard InChI is InChI=1S/C17H27N3O2S/c1-14-5-3-8-19-17(14)15-6-2-7-16(13-15)18-9-11-20-10-4-12-23(20,21)22/h3,5,8,15-16,18H,2,4,6-7,9-13H2,1H3/t15-,16-/m0/s1. The largest absolute Gasteiger partial charge is 0.313 e. The lowest BCUT2D eigenvalue weighted by Crippen LogP contribution is -2.39. The molecule has 2 aliphatic rings. The molecule has 0 spiro atoms. The molecule has 3 rings (SSSR count). The minimum Gasteiger partial charge on any atom is -0.313 e. The van der Waals surface area contributed by atoms with Crippen LogP contribution >= 0.6 is 0 Å². The first kappa shape index (κ1) is 16.9. The van der Waals surface area contributed by atoms with Crippen LogP contribution in [0.3, 0.4) is 0 Å². The topological polar surface area (TPSA) is 62.3 Å². The van der Waals surface area contributed by atoms with Crippen LogP contribution in [0.2, 0.25) is 0 Å². The van der Waals surface area contributed by atoms with Crippen molar-refractivity contribution in [2.75, 3.05) is 25.4 Å². The quantitative estimate of drug-likeness (QED) is 0.893. The summed E-state index contributed by atoms with van der Waals surface area (Å²) in [4.78, 5) is 4.58. The van der Waals surface area contributed by atoms with Crippen LogP contribution in [0, 0.1) is 6.92 Å². The van der Waals surface area contributed by atoms with Crippen LogP contribution in [0.25, 0.3) is 0 Å². The van der Waals surface area contributed by atoms with E-state index in [9.17, 15) is 8.42 Å². The summed E-state index contributed by atoms with van der Waals surface area (Å²) in [7, 11) is -2.97. The Morgan fingerprint density at radius 1 is 1.35 bits per heavy atom. The van der Waals surface area contributed by atoms with Gasteiger partial charge in [0.1, 0.15) is 0 Å². The molecule has 0 bridgehead atoms. The zero-order valence-electron chi connectivity index (χ0n) is 13.9. The third kappa shape index (κ3) is 4.11. The summed E-state index contributed by atoms with van der Waals surface area (Å²) in [5.74, 6) is 0.843. The maximum Gasteiger partial charge on any atom is 0.214 e. The monoisotopic (exact) mass is 337 g/mol. The SMILES string of the molecule is Cc1cccnc1[C@H]1CCC[C@H](NCCN2CCCS2(=O)=O)C1. The molecule has 1 aliphatic heterocycles. The van der Waals surface area contributed by atoms with Crippen molar-refractivity contribution in [2.24, 2.45) is 0 Å². The first-order valence-corrected chi connectivity index (χ1v) is 10.3. The highest BCUT2D eigenvalue weighted by atomic mass is 32.2. The number of rotatable bonds is 5. The maximum absolute atomic E-state index is 11.8. The van der Waals surface area contributed by atoms with Crippen molar-refractivity contribution in [3.63, 3.8) is 0 Å². The Kier molecular flexibility index (Phi) is 5.34. The summed E-state index contributed by atoms with van der Waals surface area (Å²) in [5, 5.41) is 3.57. The number of pyridine rings is 1. The molecule has 2 heterocycles. The van der Waals surface area contributed by atoms with Gasteiger partial charge in [0.2, 0.25) is 10.0 Å². The van der Waals surface area contributed by atoms with Gasteiger partial charge < -0.3 is 5.32 Å². The molecule has 1 aromatic heterocycles. The molecule has 1 saturated heterocycles. The second-order valence-corrected chi connectivity index (χ2v) is 8.88. The van der Waals surface area contributed by atoms with E-state index in [1.807, 2.05) is 12.3 Å². The summed E-state index contributed by atoms with van der Waals surface area (Å²) in [6, 6.07) is 4.60. The lowest BCUT2D eigenvalue weighted by Gasteiger charge is -2.30. The highest BCUT2D eigenvalue weighted by Gasteiger charge is 2.28. The second-order valence-electron chi connectivity index (χ2n) is 6.79. The minimum atomic E-state index is -2.97. The van der Waals surface area contributed by atoms with Crippen molar-refractivity contribution >= 4 is 10.0 Å². The molecule has 0 radical (unpaired) electrons. The van der Waals surface area contributed by atoms with E-state index in [1.54, 1.807) is 4.31 Å². The van der Waals surface area contributed by atoms with E-state index >= 15 is 0 Å². The molecule has 2 fully saturated rings. The zero-order valence-corrected chi connectivity index (χ0v) is 14.7. The van der Waals surface area contributed by atoms with Gasteiger partial charge >= 0.3 is 0 Å². The molecule has 1 N–H and O–H groups in total. The van der Waals surface area contributed by atoms with Gasteiger partial charge in [0.25, 0.3) is 0 Å². The van der Waals surface area contributed by atoms with Crippen molar-refractivity contribution in [1.29, 1.82) is 0 Å². The van der Waals surface area contributed by atoms with Gasteiger partial charge in [0.05, 0.1) is 5.75 Å². The van der Waals surface area contributed by atoms with Crippen molar-refractivity contribution < 1.29 is 8.42 Å². The molecular weight excluding hydrogens is 310 g/mol. The van der Waals surface area contributed by atoms with Gasteiger partial charge in [0.15, 0.2) is 0 Å². The number of sulfonamides is 1. The zero-order chi connectivity index (χ0) is 16.3. The van der Waals surface area contributed by atoms with Gasteiger partial charge in [-0.1, -0.05) is 12.5 Å². The fourth-order valence-corrected chi connectivity index (χ4v) is 5.41. The molecule has 2 atom stereocenters. The van der Waals surface area contributed by atoms with E-state index in [0.717, 1.165) is 19.4 Å². The van der Waals surface area contributed by atoms with Crippen LogP contribution in [-0.2, 0) is 10.0 Å². The van der Waals surface area contributed by atoms with E-state index in [-0.39, 0.29) is 0 Å². The third-order valence-corrected chi connectivity index (χ3v) is 7.06. The van der Waals surface area contributed by atoms with Gasteiger partial charge in [0, 0.05) is 43.5 Å². The first-order valence-electron chi connectivity index (χ1n) is 8.69. The molecule has 0 aromatic carbocycles. The fraction of sp³-hybridized carbons (Fsp3) is 0.706. The molecule has 5 nitrogen and oxygen atoms in total. The molecular formula is C17H27N3O2S. The number of nitrogens with zero attached hydrogens (tertiary/aromatic N) is 2. The Hall–Kier alpha value is -0.980. The minimum absolute atomic E-state index is 0.317. The van der Waals surface area contributed by atoms with Crippen LogP contribution < -0.4 is 5.32 Å². The van der Waals surface area contributed by atoms with Gasteiger partial charge in [-0.15, -0.1) is 0 Å². The Balaban J connectivity index is 1.50. The normalized spacial score (nSPS) is 28.0. The lowest BCUT2D eigenvalue weighted by molar-refractivity contribution is 0.324. The van der Waals surface area contributed by atoms with Crippen LogP contribution in [0.5, 0.6) is 0 Å². The second kappa shape index (κ2) is 7.28. The highest BCUT2D eigenvalue weighted by Crippen LogP contribution is 2.33. The molecule has 0 unspecified atom stereocenters. The third-order valence-electron chi connectivity index (χ3n) is 5.11. The van der Waals surface area contributed by atoms with Crippen LogP contribution in [0.15, 0.2) is 18.3 Å². The van der Waals surface area contributed by atoms with Crippen molar-refractivity contribution in [3.8, 4) is 0 Å². The maximum atomic E-state index is 11.8. The highest BCUT2D eigenvalue weighted by molar-refractivity contribution is 7.89. The molecule has 1 aromatic rings. The Morgan fingerprint density at radius 2 is 2.22 bits per heavy atom. The summed E-state index contributed by atoms with van der Waals surface area (Å²) in [5.41, 5.74) is 2.52. The van der Waals surface area contributed by atoms with Gasteiger partial charge in [-0.2, -0.15) is 0 Å². The molecule has 1 aliphatic carbocycles. The molecule has 6 heteroatoms. The van der Waals surface area contributed by atoms with Crippen LogP contribution in [0.1, 0.15) is 49.3 Å². The van der Waals surface area contributed by atoms with E-state index in [0.29, 0.717) is 30.8 Å². The first-order chi connectivity index (χ1) is 11.1. The van der Waals surface area contributed by atoms with E-state index in [1.165, 1.54) is 30.5 Å². The number of hydrogen-bond acceptors (Lipinski definition) is 4. The molecule has 23 heavy (non-hydrogen) atoms. The van der Waals surface area contributed by atoms with Crippen LogP contribution in [-0.4, -0.2) is 49.1 Å². The number of aromatic nitrogens is 1. The van der Waals surface area contributed by atoms with E-state index in [2.05, 4.69) is 23.3 Å². The summed E-state index contributed by atoms with van der Waals surface area (Å²) in [6.45, 7) is 4.17. The average molecular weight is 337 g/mol. The Morgan fingerprint density at radius 3 is 2.96 bits per heavy atom. The summed E-state index contributed by atoms with van der Waals surface area (Å²) in [6.07, 6.45) is 7.35. The van der Waals surface area contributed by atoms with Gasteiger partial charge in [-0.25, -0.2) is 12.7 Å². The molecule has 0 amide bonds. The number of aryl methyl sites for hydroxylation is 1. The predicted molar refractivity (Wildman–Crippen MR) is 92.0 cm³/mol. The van der Waals surface area contributed by atoms with Crippen molar-refractivity contribution in [3.05, 3.63) is 29.6 Å². The van der Waals surface area contributed by atoms with Crippen molar-refractivity contribution in [1.82, 2.24) is 14.6 Å². The van der Waals surface area contributed by atoms with E-state index < -0.39 is 10.0 Å². The number of hydrogen-bond donors (Lipinski definition) is 1. The Labute approximate surface area is 139 Å². The van der Waals surface area contributed by atoms with Gasteiger partial charge in [-0.3, -0.25) is 4.98 Å². The van der Waals surface area contributed by atoms with E-state index in [4.69, 9.17) is 0 Å². The van der Waals surface area contributed by atoms with Gasteiger partial charge in [-0.05, 0) is 44.2 Å².